The zero-order valence-electron chi connectivity index (χ0n) is 33.4. The van der Waals surface area contributed by atoms with Gasteiger partial charge in [-0.25, -0.2) is 0 Å². The smallest absolute Gasteiger partial charge is 0.306 e. The molecule has 0 aliphatic heterocycles. The molecule has 0 aromatic heterocycles. The summed E-state index contributed by atoms with van der Waals surface area (Å²) < 4.78 is 0. The Bertz CT molecular complexity index is 626. The van der Waals surface area contributed by atoms with E-state index in [1.54, 1.807) is 0 Å². The van der Waals surface area contributed by atoms with Crippen LogP contribution in [0.25, 0.3) is 0 Å². The van der Waals surface area contributed by atoms with Gasteiger partial charge in [-0.2, -0.15) is 0 Å². The van der Waals surface area contributed by atoms with Crippen molar-refractivity contribution in [3.63, 3.8) is 0 Å². The highest BCUT2D eigenvalue weighted by atomic mass is 16.4. The third-order valence-corrected chi connectivity index (χ3v) is 10.8. The first-order chi connectivity index (χ1) is 23.7. The summed E-state index contributed by atoms with van der Waals surface area (Å²) in [5.74, 6) is -0.678. The molecule has 0 aromatic rings. The first-order valence-corrected chi connectivity index (χ1v) is 22.6. The Balaban J connectivity index is 3.31. The Morgan fingerprint density at radius 1 is 0.354 bits per heavy atom. The molecule has 0 fully saturated rings. The van der Waals surface area contributed by atoms with Gasteiger partial charge in [-0.1, -0.05) is 244 Å². The van der Waals surface area contributed by atoms with E-state index in [1.165, 1.54) is 231 Å². The van der Waals surface area contributed by atoms with E-state index in [4.69, 9.17) is 0 Å². The van der Waals surface area contributed by atoms with Crippen LogP contribution in [-0.2, 0) is 4.79 Å². The molecular formula is C46H90O2. The highest BCUT2D eigenvalue weighted by Crippen LogP contribution is 2.20. The van der Waals surface area contributed by atoms with Crippen molar-refractivity contribution in [3.8, 4) is 0 Å². The molecule has 1 atom stereocenters. The van der Waals surface area contributed by atoms with E-state index in [9.17, 15) is 9.90 Å². The van der Waals surface area contributed by atoms with E-state index in [0.717, 1.165) is 25.7 Å². The summed E-state index contributed by atoms with van der Waals surface area (Å²) >= 11 is 0. The fourth-order valence-electron chi connectivity index (χ4n) is 7.38. The maximum absolute atomic E-state index is 11.7. The van der Waals surface area contributed by atoms with Crippen LogP contribution < -0.4 is 0 Å². The highest BCUT2D eigenvalue weighted by molar-refractivity contribution is 5.69. The fourth-order valence-corrected chi connectivity index (χ4v) is 7.38. The number of carboxylic acids is 1. The van der Waals surface area contributed by atoms with Crippen molar-refractivity contribution in [2.75, 3.05) is 0 Å². The van der Waals surface area contributed by atoms with E-state index in [1.807, 2.05) is 0 Å². The van der Waals surface area contributed by atoms with Crippen LogP contribution in [0, 0.1) is 5.92 Å². The summed E-state index contributed by atoms with van der Waals surface area (Å²) in [6.45, 7) is 4.57. The Hall–Kier alpha value is -0.790. The molecule has 48 heavy (non-hydrogen) atoms. The first kappa shape index (κ1) is 47.2. The van der Waals surface area contributed by atoms with Crippen LogP contribution in [0.5, 0.6) is 0 Å². The maximum Gasteiger partial charge on any atom is 0.306 e. The zero-order valence-corrected chi connectivity index (χ0v) is 33.4. The van der Waals surface area contributed by atoms with Gasteiger partial charge in [0.1, 0.15) is 0 Å². The van der Waals surface area contributed by atoms with Crippen molar-refractivity contribution >= 4 is 5.97 Å². The van der Waals surface area contributed by atoms with E-state index in [-0.39, 0.29) is 5.92 Å². The molecule has 0 aliphatic carbocycles. The number of unbranched alkanes of at least 4 members (excludes halogenated alkanes) is 35. The number of allylic oxidation sites excluding steroid dienone is 2. The van der Waals surface area contributed by atoms with Gasteiger partial charge in [-0.15, -0.1) is 0 Å². The van der Waals surface area contributed by atoms with E-state index >= 15 is 0 Å². The van der Waals surface area contributed by atoms with Gasteiger partial charge in [0.05, 0.1) is 5.92 Å². The molecule has 0 saturated carbocycles. The van der Waals surface area contributed by atoms with Crippen LogP contribution in [0.3, 0.4) is 0 Å². The Labute approximate surface area is 303 Å². The van der Waals surface area contributed by atoms with Gasteiger partial charge in [0.15, 0.2) is 0 Å². The molecule has 2 heteroatoms. The standard InChI is InChI=1S/C46H90O2/c1-3-5-7-9-11-13-15-17-18-19-20-21-22-23-24-25-26-27-28-29-30-31-32-34-36-38-40-42-44-45(46(47)48)43-41-39-37-35-33-16-14-12-10-8-6-4-2/h14,16,45H,3-13,15,17-44H2,1-2H3,(H,47,48)/b16-14-. The van der Waals surface area contributed by atoms with Gasteiger partial charge in [-0.3, -0.25) is 4.79 Å². The molecule has 1 unspecified atom stereocenters. The van der Waals surface area contributed by atoms with Crippen LogP contribution >= 0.6 is 0 Å². The van der Waals surface area contributed by atoms with Gasteiger partial charge < -0.3 is 5.11 Å². The van der Waals surface area contributed by atoms with Gasteiger partial charge >= 0.3 is 5.97 Å². The van der Waals surface area contributed by atoms with Crippen LogP contribution in [0.4, 0.5) is 0 Å². The van der Waals surface area contributed by atoms with Crippen LogP contribution in [0.2, 0.25) is 0 Å². The molecule has 286 valence electrons. The summed E-state index contributed by atoms with van der Waals surface area (Å²) in [4.78, 5) is 11.7. The molecule has 0 aromatic carbocycles. The minimum Gasteiger partial charge on any atom is -0.481 e. The molecule has 0 amide bonds. The van der Waals surface area contributed by atoms with Crippen molar-refractivity contribution in [2.45, 2.75) is 271 Å². The second-order valence-electron chi connectivity index (χ2n) is 15.7. The second-order valence-corrected chi connectivity index (χ2v) is 15.7. The monoisotopic (exact) mass is 675 g/mol. The van der Waals surface area contributed by atoms with E-state index < -0.39 is 5.97 Å². The van der Waals surface area contributed by atoms with Crippen LogP contribution in [-0.4, -0.2) is 11.1 Å². The number of hydrogen-bond donors (Lipinski definition) is 1. The number of carbonyl (C=O) groups is 1. The lowest BCUT2D eigenvalue weighted by molar-refractivity contribution is -0.142. The van der Waals surface area contributed by atoms with Gasteiger partial charge in [0.2, 0.25) is 0 Å². The third kappa shape index (κ3) is 39.6. The Kier molecular flexibility index (Phi) is 41.7. The lowest BCUT2D eigenvalue weighted by Crippen LogP contribution is -2.13. The lowest BCUT2D eigenvalue weighted by Gasteiger charge is -2.12. The zero-order chi connectivity index (χ0) is 34.9. The summed E-state index contributed by atoms with van der Waals surface area (Å²) in [5.41, 5.74) is 0. The third-order valence-electron chi connectivity index (χ3n) is 10.8. The molecule has 0 rings (SSSR count). The maximum atomic E-state index is 11.7. The minimum atomic E-state index is -0.564. The van der Waals surface area contributed by atoms with Gasteiger partial charge in [0.25, 0.3) is 0 Å². The summed E-state index contributed by atoms with van der Waals surface area (Å²) in [6.07, 6.45) is 58.8. The largest absolute Gasteiger partial charge is 0.481 e. The predicted molar refractivity (Wildman–Crippen MR) is 216 cm³/mol. The summed E-state index contributed by atoms with van der Waals surface area (Å²) in [5, 5.41) is 9.64. The molecule has 0 spiro atoms. The average Bonchev–Trinajstić information content (AvgIpc) is 3.08. The lowest BCUT2D eigenvalue weighted by atomic mass is 9.94. The van der Waals surface area contributed by atoms with Crippen LogP contribution in [0.15, 0.2) is 12.2 Å². The van der Waals surface area contributed by atoms with Gasteiger partial charge in [-0.05, 0) is 38.5 Å². The van der Waals surface area contributed by atoms with Crippen molar-refractivity contribution in [1.82, 2.24) is 0 Å². The Morgan fingerprint density at radius 2 is 0.562 bits per heavy atom. The molecule has 2 nitrogen and oxygen atoms in total. The molecule has 0 radical (unpaired) electrons. The SMILES string of the molecule is CCCCCC/C=C\CCCCCCC(CCCCCCCCCCCCCCCCCCCCCCCCCCCCCC)C(=O)O. The number of rotatable bonds is 42. The number of carboxylic acid groups (broad SMARTS) is 1. The summed E-state index contributed by atoms with van der Waals surface area (Å²) in [6, 6.07) is 0. The average molecular weight is 675 g/mol. The molecule has 0 aliphatic rings. The van der Waals surface area contributed by atoms with Gasteiger partial charge in [0, 0.05) is 0 Å². The molecular weight excluding hydrogens is 585 g/mol. The summed E-state index contributed by atoms with van der Waals surface area (Å²) in [7, 11) is 0. The minimum absolute atomic E-state index is 0.114. The number of hydrogen-bond acceptors (Lipinski definition) is 1. The highest BCUT2D eigenvalue weighted by Gasteiger charge is 2.16. The Morgan fingerprint density at radius 3 is 0.812 bits per heavy atom. The quantitative estimate of drug-likeness (QED) is 0.0517. The molecule has 0 saturated heterocycles. The first-order valence-electron chi connectivity index (χ1n) is 22.6. The normalized spacial score (nSPS) is 12.4. The van der Waals surface area contributed by atoms with Crippen molar-refractivity contribution in [3.05, 3.63) is 12.2 Å². The molecule has 1 N–H and O–H groups in total. The van der Waals surface area contributed by atoms with Crippen molar-refractivity contribution < 1.29 is 9.90 Å². The van der Waals surface area contributed by atoms with Crippen molar-refractivity contribution in [2.24, 2.45) is 5.92 Å². The number of aliphatic carboxylic acids is 1. The molecule has 0 bridgehead atoms. The topological polar surface area (TPSA) is 37.3 Å². The van der Waals surface area contributed by atoms with Crippen LogP contribution in [0.1, 0.15) is 271 Å². The molecule has 0 heterocycles. The fraction of sp³-hybridized carbons (Fsp3) is 0.935. The van der Waals surface area contributed by atoms with E-state index in [2.05, 4.69) is 26.0 Å². The van der Waals surface area contributed by atoms with E-state index in [0.29, 0.717) is 0 Å². The second kappa shape index (κ2) is 42.4. The van der Waals surface area contributed by atoms with Crippen molar-refractivity contribution in [1.29, 1.82) is 0 Å². The predicted octanol–water partition coefficient (Wildman–Crippen LogP) is 16.9.